The zero-order chi connectivity index (χ0) is 22.8. The first-order valence-electron chi connectivity index (χ1n) is 10.0. The SMILES string of the molecule is CCOC(=O)C1=C(CSc2nnc(-c3ccc(C(C)(C)C)cc3)n2N)NC(=O)N[C@@H]1C. The Hall–Kier alpha value is -3.01. The third-order valence-electron chi connectivity index (χ3n) is 4.88. The van der Waals surface area contributed by atoms with Crippen molar-refractivity contribution >= 4 is 23.8 Å². The van der Waals surface area contributed by atoms with Crippen LogP contribution in [0.5, 0.6) is 0 Å². The molecule has 31 heavy (non-hydrogen) atoms. The van der Waals surface area contributed by atoms with Gasteiger partial charge in [0.1, 0.15) is 0 Å². The first-order valence-corrected chi connectivity index (χ1v) is 11.0. The molecule has 4 N–H and O–H groups in total. The van der Waals surface area contributed by atoms with Crippen LogP contribution >= 0.6 is 11.8 Å². The quantitative estimate of drug-likeness (QED) is 0.355. The second-order valence-electron chi connectivity index (χ2n) is 8.23. The molecule has 1 atom stereocenters. The fourth-order valence-electron chi connectivity index (χ4n) is 3.22. The maximum atomic E-state index is 12.4. The Morgan fingerprint density at radius 2 is 1.94 bits per heavy atom. The maximum Gasteiger partial charge on any atom is 0.337 e. The fourth-order valence-corrected chi connectivity index (χ4v) is 4.05. The second kappa shape index (κ2) is 9.01. The second-order valence-corrected chi connectivity index (χ2v) is 9.17. The van der Waals surface area contributed by atoms with E-state index in [9.17, 15) is 9.59 Å². The lowest BCUT2D eigenvalue weighted by atomic mass is 9.87. The van der Waals surface area contributed by atoms with E-state index in [1.54, 1.807) is 13.8 Å². The molecule has 0 saturated carbocycles. The monoisotopic (exact) mass is 444 g/mol. The number of esters is 1. The molecule has 0 spiro atoms. The molecule has 2 heterocycles. The van der Waals surface area contributed by atoms with Crippen LogP contribution in [0.25, 0.3) is 11.4 Å². The largest absolute Gasteiger partial charge is 0.463 e. The lowest BCUT2D eigenvalue weighted by Crippen LogP contribution is -2.49. The van der Waals surface area contributed by atoms with E-state index in [2.05, 4.69) is 53.7 Å². The third-order valence-corrected chi connectivity index (χ3v) is 5.85. The Bertz CT molecular complexity index is 1010. The number of urea groups is 1. The average molecular weight is 445 g/mol. The smallest absolute Gasteiger partial charge is 0.337 e. The molecular weight excluding hydrogens is 416 g/mol. The normalized spacial score (nSPS) is 16.7. The van der Waals surface area contributed by atoms with Crippen LogP contribution < -0.4 is 16.5 Å². The minimum Gasteiger partial charge on any atom is -0.463 e. The molecule has 0 radical (unpaired) electrons. The Morgan fingerprint density at radius 1 is 1.26 bits per heavy atom. The van der Waals surface area contributed by atoms with Crippen molar-refractivity contribution in [1.82, 2.24) is 25.5 Å². The van der Waals surface area contributed by atoms with Crippen LogP contribution in [0.2, 0.25) is 0 Å². The number of nitrogen functional groups attached to an aromatic ring is 1. The van der Waals surface area contributed by atoms with Crippen molar-refractivity contribution in [3.63, 3.8) is 0 Å². The molecular formula is C21H28N6O3S. The van der Waals surface area contributed by atoms with Crippen LogP contribution in [0, 0.1) is 0 Å². The lowest BCUT2D eigenvalue weighted by molar-refractivity contribution is -0.138. The van der Waals surface area contributed by atoms with Gasteiger partial charge in [0, 0.05) is 17.0 Å². The molecule has 3 rings (SSSR count). The van der Waals surface area contributed by atoms with Gasteiger partial charge in [-0.05, 0) is 24.8 Å². The van der Waals surface area contributed by atoms with Gasteiger partial charge in [-0.2, -0.15) is 0 Å². The lowest BCUT2D eigenvalue weighted by Gasteiger charge is -2.26. The Balaban J connectivity index is 1.81. The van der Waals surface area contributed by atoms with Gasteiger partial charge in [0.2, 0.25) is 5.16 Å². The van der Waals surface area contributed by atoms with Gasteiger partial charge < -0.3 is 21.2 Å². The van der Waals surface area contributed by atoms with Crippen LogP contribution in [-0.2, 0) is 14.9 Å². The van der Waals surface area contributed by atoms with Gasteiger partial charge >= 0.3 is 12.0 Å². The van der Waals surface area contributed by atoms with Crippen LogP contribution in [0.4, 0.5) is 4.79 Å². The number of nitrogens with zero attached hydrogens (tertiary/aromatic N) is 3. The van der Waals surface area contributed by atoms with Gasteiger partial charge in [-0.3, -0.25) is 0 Å². The third kappa shape index (κ3) is 5.01. The molecule has 0 bridgehead atoms. The number of aromatic nitrogens is 3. The van der Waals surface area contributed by atoms with E-state index in [4.69, 9.17) is 10.6 Å². The van der Waals surface area contributed by atoms with Crippen LogP contribution in [0.1, 0.15) is 40.2 Å². The minimum absolute atomic E-state index is 0.0523. The molecule has 2 amide bonds. The summed E-state index contributed by atoms with van der Waals surface area (Å²) in [5, 5.41) is 14.2. The zero-order valence-corrected chi connectivity index (χ0v) is 19.2. The number of carbonyl (C=O) groups excluding carboxylic acids is 2. The molecule has 1 aliphatic rings. The number of carbonyl (C=O) groups is 2. The fraction of sp³-hybridized carbons (Fsp3) is 0.429. The summed E-state index contributed by atoms with van der Waals surface area (Å²) in [4.78, 5) is 24.3. The van der Waals surface area contributed by atoms with Gasteiger partial charge in [0.15, 0.2) is 5.82 Å². The van der Waals surface area contributed by atoms with Gasteiger partial charge in [0.25, 0.3) is 0 Å². The van der Waals surface area contributed by atoms with E-state index in [1.165, 1.54) is 22.0 Å². The summed E-state index contributed by atoms with van der Waals surface area (Å²) in [7, 11) is 0. The van der Waals surface area contributed by atoms with Crippen molar-refractivity contribution in [1.29, 1.82) is 0 Å². The number of hydrogen-bond acceptors (Lipinski definition) is 7. The van der Waals surface area contributed by atoms with Crippen LogP contribution in [0.3, 0.4) is 0 Å². The number of ether oxygens (including phenoxy) is 1. The number of amides is 2. The Kier molecular flexibility index (Phi) is 6.59. The average Bonchev–Trinajstić information content (AvgIpc) is 3.06. The van der Waals surface area contributed by atoms with Gasteiger partial charge in [-0.25, -0.2) is 14.3 Å². The van der Waals surface area contributed by atoms with Gasteiger partial charge in [-0.1, -0.05) is 56.8 Å². The summed E-state index contributed by atoms with van der Waals surface area (Å²) >= 11 is 1.28. The molecule has 0 saturated heterocycles. The Morgan fingerprint density at radius 3 is 2.55 bits per heavy atom. The van der Waals surface area contributed by atoms with Crippen molar-refractivity contribution in [2.24, 2.45) is 0 Å². The number of hydrogen-bond donors (Lipinski definition) is 3. The topological polar surface area (TPSA) is 124 Å². The molecule has 2 aromatic rings. The highest BCUT2D eigenvalue weighted by Crippen LogP contribution is 2.27. The van der Waals surface area contributed by atoms with Gasteiger partial charge in [-0.15, -0.1) is 10.2 Å². The van der Waals surface area contributed by atoms with E-state index in [0.717, 1.165) is 5.56 Å². The molecule has 0 aliphatic carbocycles. The molecule has 1 aliphatic heterocycles. The summed E-state index contributed by atoms with van der Waals surface area (Å²) in [5.74, 6) is 6.58. The highest BCUT2D eigenvalue weighted by molar-refractivity contribution is 7.99. The van der Waals surface area contributed by atoms with Crippen molar-refractivity contribution < 1.29 is 14.3 Å². The molecule has 9 nitrogen and oxygen atoms in total. The minimum atomic E-state index is -0.466. The summed E-state index contributed by atoms with van der Waals surface area (Å²) in [6.45, 7) is 10.2. The molecule has 1 aromatic heterocycles. The predicted octanol–water partition coefficient (Wildman–Crippen LogP) is 2.57. The summed E-state index contributed by atoms with van der Waals surface area (Å²) in [6, 6.07) is 7.22. The van der Waals surface area contributed by atoms with Crippen molar-refractivity contribution in [3.8, 4) is 11.4 Å². The number of nitrogens with two attached hydrogens (primary N) is 1. The predicted molar refractivity (Wildman–Crippen MR) is 120 cm³/mol. The number of benzene rings is 1. The van der Waals surface area contributed by atoms with Crippen molar-refractivity contribution in [3.05, 3.63) is 41.1 Å². The van der Waals surface area contributed by atoms with E-state index in [0.29, 0.717) is 22.3 Å². The molecule has 0 unspecified atom stereocenters. The highest BCUT2D eigenvalue weighted by Gasteiger charge is 2.30. The highest BCUT2D eigenvalue weighted by atomic mass is 32.2. The summed E-state index contributed by atoms with van der Waals surface area (Å²) in [5.41, 5.74) is 2.97. The van der Waals surface area contributed by atoms with E-state index >= 15 is 0 Å². The molecule has 10 heteroatoms. The molecule has 1 aromatic carbocycles. The van der Waals surface area contributed by atoms with Crippen molar-refractivity contribution in [2.45, 2.75) is 51.2 Å². The van der Waals surface area contributed by atoms with Crippen molar-refractivity contribution in [2.75, 3.05) is 18.2 Å². The number of rotatable bonds is 6. The van der Waals surface area contributed by atoms with E-state index in [-0.39, 0.29) is 23.8 Å². The summed E-state index contributed by atoms with van der Waals surface area (Å²) < 4.78 is 6.54. The first-order chi connectivity index (χ1) is 14.6. The Labute approximate surface area is 185 Å². The molecule has 166 valence electrons. The zero-order valence-electron chi connectivity index (χ0n) is 18.4. The summed E-state index contributed by atoms with van der Waals surface area (Å²) in [6.07, 6.45) is 0. The number of nitrogens with one attached hydrogen (secondary N) is 2. The first kappa shape index (κ1) is 22.7. The van der Waals surface area contributed by atoms with Crippen LogP contribution in [0.15, 0.2) is 40.7 Å². The van der Waals surface area contributed by atoms with E-state index < -0.39 is 12.0 Å². The number of thioether (sulfide) groups is 1. The standard InChI is InChI=1S/C21H28N6O3S/c1-6-30-18(28)16-12(2)23-19(29)24-15(16)11-31-20-26-25-17(27(20)22)13-7-9-14(10-8-13)21(3,4)5/h7-10,12H,6,11,22H2,1-5H3,(H2,23,24,29)/t12-/m1/s1. The van der Waals surface area contributed by atoms with E-state index in [1.807, 2.05) is 12.1 Å². The van der Waals surface area contributed by atoms with Crippen LogP contribution in [-0.4, -0.2) is 45.3 Å². The van der Waals surface area contributed by atoms with Gasteiger partial charge in [0.05, 0.1) is 18.2 Å². The molecule has 0 fully saturated rings. The maximum absolute atomic E-state index is 12.4.